The van der Waals surface area contributed by atoms with Crippen LogP contribution in [0.1, 0.15) is 0 Å². The lowest BCUT2D eigenvalue weighted by molar-refractivity contribution is 0.506. The van der Waals surface area contributed by atoms with Crippen molar-refractivity contribution < 1.29 is 4.39 Å². The maximum atomic E-state index is 13.6. The molecule has 80 valence electrons. The first-order valence-electron chi connectivity index (χ1n) is 4.87. The highest BCUT2D eigenvalue weighted by Crippen LogP contribution is 2.24. The maximum absolute atomic E-state index is 13.6. The largest absolute Gasteiger partial charge is 0.339 e. The number of aromatic nitrogens is 4. The Kier molecular flexibility index (Phi) is 1.80. The molecule has 0 saturated heterocycles. The van der Waals surface area contributed by atoms with Crippen molar-refractivity contribution in [1.29, 1.82) is 0 Å². The molecule has 3 aromatic heterocycles. The Hall–Kier alpha value is -2.17. The molecule has 3 heterocycles. The number of aromatic amines is 1. The SMILES string of the molecule is Cn1ncc(-c2cc3cccnc3[nH]2)c1F. The molecular weight excluding hydrogens is 207 g/mol. The van der Waals surface area contributed by atoms with Gasteiger partial charge in [0.2, 0.25) is 5.95 Å². The van der Waals surface area contributed by atoms with Crippen LogP contribution in [0.3, 0.4) is 0 Å². The maximum Gasteiger partial charge on any atom is 0.220 e. The van der Waals surface area contributed by atoms with Crippen molar-refractivity contribution in [3.63, 3.8) is 0 Å². The van der Waals surface area contributed by atoms with Gasteiger partial charge in [-0.25, -0.2) is 9.67 Å². The first-order valence-corrected chi connectivity index (χ1v) is 4.87. The molecule has 3 aromatic rings. The zero-order valence-electron chi connectivity index (χ0n) is 8.61. The molecule has 0 aliphatic carbocycles. The normalized spacial score (nSPS) is 11.1. The summed E-state index contributed by atoms with van der Waals surface area (Å²) in [4.78, 5) is 7.22. The molecule has 16 heavy (non-hydrogen) atoms. The van der Waals surface area contributed by atoms with Crippen LogP contribution in [0.5, 0.6) is 0 Å². The third-order valence-electron chi connectivity index (χ3n) is 2.55. The van der Waals surface area contributed by atoms with Crippen LogP contribution in [-0.2, 0) is 7.05 Å². The lowest BCUT2D eigenvalue weighted by Gasteiger charge is -1.92. The van der Waals surface area contributed by atoms with E-state index in [1.807, 2.05) is 18.2 Å². The monoisotopic (exact) mass is 216 g/mol. The first kappa shape index (κ1) is 9.08. The second kappa shape index (κ2) is 3.16. The third-order valence-corrected chi connectivity index (χ3v) is 2.55. The van der Waals surface area contributed by atoms with E-state index in [-0.39, 0.29) is 5.95 Å². The van der Waals surface area contributed by atoms with Crippen molar-refractivity contribution in [2.45, 2.75) is 0 Å². The van der Waals surface area contributed by atoms with Crippen LogP contribution >= 0.6 is 0 Å². The third kappa shape index (κ3) is 1.21. The summed E-state index contributed by atoms with van der Waals surface area (Å²) in [7, 11) is 1.57. The summed E-state index contributed by atoms with van der Waals surface area (Å²) in [6.45, 7) is 0. The molecule has 0 fully saturated rings. The first-order chi connectivity index (χ1) is 7.75. The van der Waals surface area contributed by atoms with Gasteiger partial charge in [-0.1, -0.05) is 0 Å². The summed E-state index contributed by atoms with van der Waals surface area (Å²) in [6, 6.07) is 5.64. The number of nitrogens with one attached hydrogen (secondary N) is 1. The van der Waals surface area contributed by atoms with Crippen molar-refractivity contribution in [2.75, 3.05) is 0 Å². The molecule has 0 aliphatic rings. The molecule has 0 unspecified atom stereocenters. The zero-order chi connectivity index (χ0) is 11.1. The average molecular weight is 216 g/mol. The minimum Gasteiger partial charge on any atom is -0.339 e. The van der Waals surface area contributed by atoms with E-state index in [2.05, 4.69) is 15.1 Å². The van der Waals surface area contributed by atoms with Crippen LogP contribution in [0.25, 0.3) is 22.3 Å². The molecular formula is C11H9FN4. The van der Waals surface area contributed by atoms with E-state index in [9.17, 15) is 4.39 Å². The van der Waals surface area contributed by atoms with Crippen LogP contribution < -0.4 is 0 Å². The number of pyridine rings is 1. The average Bonchev–Trinajstić information content (AvgIpc) is 2.84. The van der Waals surface area contributed by atoms with Gasteiger partial charge in [0.05, 0.1) is 17.5 Å². The quantitative estimate of drug-likeness (QED) is 0.677. The van der Waals surface area contributed by atoms with Crippen LogP contribution in [0.4, 0.5) is 4.39 Å². The van der Waals surface area contributed by atoms with Crippen molar-refractivity contribution in [1.82, 2.24) is 19.7 Å². The molecule has 0 radical (unpaired) electrons. The van der Waals surface area contributed by atoms with Crippen molar-refractivity contribution in [3.8, 4) is 11.3 Å². The molecule has 0 aliphatic heterocycles. The lowest BCUT2D eigenvalue weighted by Crippen LogP contribution is -1.93. The van der Waals surface area contributed by atoms with Gasteiger partial charge in [0.1, 0.15) is 5.65 Å². The number of H-pyrrole nitrogens is 1. The van der Waals surface area contributed by atoms with Gasteiger partial charge < -0.3 is 4.98 Å². The Labute approximate surface area is 90.7 Å². The molecule has 0 amide bonds. The minimum atomic E-state index is -0.355. The number of nitrogens with zero attached hydrogens (tertiary/aromatic N) is 3. The van der Waals surface area contributed by atoms with E-state index < -0.39 is 0 Å². The minimum absolute atomic E-state index is 0.355. The number of rotatable bonds is 1. The van der Waals surface area contributed by atoms with Crippen LogP contribution in [0, 0.1) is 5.95 Å². The fourth-order valence-electron chi connectivity index (χ4n) is 1.71. The number of hydrogen-bond acceptors (Lipinski definition) is 2. The lowest BCUT2D eigenvalue weighted by atomic mass is 10.2. The van der Waals surface area contributed by atoms with Gasteiger partial charge in [-0.15, -0.1) is 0 Å². The molecule has 3 rings (SSSR count). The summed E-state index contributed by atoms with van der Waals surface area (Å²) in [6.07, 6.45) is 3.20. The fraction of sp³-hybridized carbons (Fsp3) is 0.0909. The number of hydrogen-bond donors (Lipinski definition) is 1. The molecule has 0 spiro atoms. The number of aryl methyl sites for hydroxylation is 1. The van der Waals surface area contributed by atoms with Gasteiger partial charge in [-0.2, -0.15) is 9.49 Å². The molecule has 0 saturated carbocycles. The standard InChI is InChI=1S/C11H9FN4/c1-16-10(12)8(6-14-16)9-5-7-3-2-4-13-11(7)15-9/h2-6H,1H3,(H,13,15). The molecule has 0 atom stereocenters. The highest BCUT2D eigenvalue weighted by Gasteiger charge is 2.12. The molecule has 1 N–H and O–H groups in total. The summed E-state index contributed by atoms with van der Waals surface area (Å²) < 4.78 is 14.8. The molecule has 5 heteroatoms. The van der Waals surface area contributed by atoms with Gasteiger partial charge in [0, 0.05) is 18.6 Å². The van der Waals surface area contributed by atoms with Crippen LogP contribution in [0.15, 0.2) is 30.6 Å². The zero-order valence-corrected chi connectivity index (χ0v) is 8.61. The Morgan fingerprint density at radius 1 is 1.44 bits per heavy atom. The van der Waals surface area contributed by atoms with E-state index in [1.54, 1.807) is 13.2 Å². The van der Waals surface area contributed by atoms with E-state index >= 15 is 0 Å². The van der Waals surface area contributed by atoms with Crippen LogP contribution in [-0.4, -0.2) is 19.7 Å². The Morgan fingerprint density at radius 2 is 2.31 bits per heavy atom. The van der Waals surface area contributed by atoms with Crippen molar-refractivity contribution >= 4 is 11.0 Å². The summed E-state index contributed by atoms with van der Waals surface area (Å²) in [5, 5.41) is 4.82. The van der Waals surface area contributed by atoms with E-state index in [0.29, 0.717) is 11.3 Å². The highest BCUT2D eigenvalue weighted by atomic mass is 19.1. The Balaban J connectivity index is 2.23. The molecule has 0 bridgehead atoms. The van der Waals surface area contributed by atoms with Crippen molar-refractivity contribution in [2.24, 2.45) is 7.05 Å². The van der Waals surface area contributed by atoms with Gasteiger partial charge in [0.15, 0.2) is 0 Å². The van der Waals surface area contributed by atoms with E-state index in [1.165, 1.54) is 10.9 Å². The van der Waals surface area contributed by atoms with Crippen LogP contribution in [0.2, 0.25) is 0 Å². The Bertz CT molecular complexity index is 620. The topological polar surface area (TPSA) is 46.5 Å². The number of halogens is 1. The van der Waals surface area contributed by atoms with E-state index in [4.69, 9.17) is 0 Å². The smallest absolute Gasteiger partial charge is 0.220 e. The molecule has 4 nitrogen and oxygen atoms in total. The van der Waals surface area contributed by atoms with Gasteiger partial charge in [0.25, 0.3) is 0 Å². The van der Waals surface area contributed by atoms with Gasteiger partial charge >= 0.3 is 0 Å². The fourth-order valence-corrected chi connectivity index (χ4v) is 1.71. The second-order valence-corrected chi connectivity index (χ2v) is 3.60. The second-order valence-electron chi connectivity index (χ2n) is 3.60. The summed E-state index contributed by atoms with van der Waals surface area (Å²) >= 11 is 0. The summed E-state index contributed by atoms with van der Waals surface area (Å²) in [5.41, 5.74) is 1.90. The Morgan fingerprint density at radius 3 is 3.00 bits per heavy atom. The number of fused-ring (bicyclic) bond motifs is 1. The van der Waals surface area contributed by atoms with Gasteiger partial charge in [-0.05, 0) is 18.2 Å². The van der Waals surface area contributed by atoms with E-state index in [0.717, 1.165) is 11.0 Å². The summed E-state index contributed by atoms with van der Waals surface area (Å²) in [5.74, 6) is -0.355. The van der Waals surface area contributed by atoms with Gasteiger partial charge in [-0.3, -0.25) is 0 Å². The predicted octanol–water partition coefficient (Wildman–Crippen LogP) is 2.10. The predicted molar refractivity (Wildman–Crippen MR) is 58.3 cm³/mol. The van der Waals surface area contributed by atoms with Crippen molar-refractivity contribution in [3.05, 3.63) is 36.5 Å². The molecule has 0 aromatic carbocycles. The highest BCUT2D eigenvalue weighted by molar-refractivity contribution is 5.82.